The molecule has 0 saturated heterocycles. The topological polar surface area (TPSA) is 42.0 Å². The third kappa shape index (κ3) is 4.32. The Kier molecular flexibility index (Phi) is 5.15. The fraction of sp³-hybridized carbons (Fsp3) is 0.200. The number of amides is 1. The Bertz CT molecular complexity index is 584. The molecule has 1 unspecified atom stereocenters. The number of rotatable bonds is 4. The molecule has 0 aliphatic heterocycles. The Morgan fingerprint density at radius 1 is 1.30 bits per heavy atom. The molecule has 2 aromatic rings. The Balaban J connectivity index is 1.93. The Labute approximate surface area is 131 Å². The third-order valence-electron chi connectivity index (χ3n) is 2.82. The highest BCUT2D eigenvalue weighted by Crippen LogP contribution is 2.11. The van der Waals surface area contributed by atoms with Gasteiger partial charge in [0.25, 0.3) is 5.91 Å². The molecule has 0 aliphatic rings. The molecule has 1 heterocycles. The lowest BCUT2D eigenvalue weighted by molar-refractivity contribution is 0.0939. The maximum absolute atomic E-state index is 12.0. The van der Waals surface area contributed by atoms with Gasteiger partial charge in [0.1, 0.15) is 4.60 Å². The molecule has 1 atom stereocenters. The van der Waals surface area contributed by atoms with Crippen LogP contribution in [0.15, 0.2) is 47.2 Å². The zero-order chi connectivity index (χ0) is 14.5. The minimum atomic E-state index is -0.119. The number of benzene rings is 1. The number of hydrogen-bond donors (Lipinski definition) is 1. The first-order chi connectivity index (χ1) is 9.54. The number of carbonyl (C=O) groups is 1. The summed E-state index contributed by atoms with van der Waals surface area (Å²) in [5.74, 6) is -0.119. The average Bonchev–Trinajstić information content (AvgIpc) is 2.42. The van der Waals surface area contributed by atoms with Gasteiger partial charge in [-0.15, -0.1) is 0 Å². The van der Waals surface area contributed by atoms with Crippen molar-refractivity contribution >= 4 is 33.4 Å². The number of nitrogens with zero attached hydrogens (tertiary/aromatic N) is 1. The molecule has 5 heteroatoms. The summed E-state index contributed by atoms with van der Waals surface area (Å²) < 4.78 is 0.711. The molecular formula is C15H14BrClN2O. The van der Waals surface area contributed by atoms with Gasteiger partial charge in [-0.25, -0.2) is 4.98 Å². The smallest absolute Gasteiger partial charge is 0.253 e. The van der Waals surface area contributed by atoms with Crippen LogP contribution in [-0.2, 0) is 6.42 Å². The van der Waals surface area contributed by atoms with E-state index in [1.165, 1.54) is 0 Å². The van der Waals surface area contributed by atoms with Gasteiger partial charge < -0.3 is 5.32 Å². The number of nitrogens with one attached hydrogen (secondary N) is 1. The van der Waals surface area contributed by atoms with Crippen LogP contribution >= 0.6 is 27.5 Å². The maximum Gasteiger partial charge on any atom is 0.253 e. The van der Waals surface area contributed by atoms with E-state index in [9.17, 15) is 4.79 Å². The SMILES string of the molecule is CC(Cc1ccc(Cl)cc1)NC(=O)c1ccc(Br)nc1. The monoisotopic (exact) mass is 352 g/mol. The lowest BCUT2D eigenvalue weighted by Crippen LogP contribution is -2.34. The van der Waals surface area contributed by atoms with Crippen molar-refractivity contribution < 1.29 is 4.79 Å². The maximum atomic E-state index is 12.0. The second kappa shape index (κ2) is 6.86. The molecule has 0 fully saturated rings. The van der Waals surface area contributed by atoms with Crippen molar-refractivity contribution in [2.75, 3.05) is 0 Å². The van der Waals surface area contributed by atoms with Crippen LogP contribution in [0, 0.1) is 0 Å². The number of aromatic nitrogens is 1. The van der Waals surface area contributed by atoms with E-state index in [0.29, 0.717) is 15.2 Å². The zero-order valence-corrected chi connectivity index (χ0v) is 13.3. The molecule has 1 N–H and O–H groups in total. The van der Waals surface area contributed by atoms with Gasteiger partial charge >= 0.3 is 0 Å². The Hall–Kier alpha value is -1.39. The first kappa shape index (κ1) is 15.0. The summed E-state index contributed by atoms with van der Waals surface area (Å²) in [5, 5.41) is 3.67. The van der Waals surface area contributed by atoms with Crippen LogP contribution in [0.5, 0.6) is 0 Å². The first-order valence-corrected chi connectivity index (χ1v) is 7.38. The molecule has 0 spiro atoms. The van der Waals surface area contributed by atoms with E-state index in [0.717, 1.165) is 12.0 Å². The van der Waals surface area contributed by atoms with Crippen LogP contribution < -0.4 is 5.32 Å². The van der Waals surface area contributed by atoms with Gasteiger partial charge in [0.05, 0.1) is 5.56 Å². The summed E-state index contributed by atoms with van der Waals surface area (Å²) in [7, 11) is 0. The lowest BCUT2D eigenvalue weighted by atomic mass is 10.1. The number of pyridine rings is 1. The Morgan fingerprint density at radius 3 is 2.60 bits per heavy atom. The van der Waals surface area contributed by atoms with E-state index in [1.807, 2.05) is 31.2 Å². The molecule has 20 heavy (non-hydrogen) atoms. The average molecular weight is 354 g/mol. The van der Waals surface area contributed by atoms with Gasteiger partial charge in [-0.1, -0.05) is 23.7 Å². The molecule has 2 rings (SSSR count). The lowest BCUT2D eigenvalue weighted by Gasteiger charge is -2.14. The predicted octanol–water partition coefficient (Wildman–Crippen LogP) is 3.86. The van der Waals surface area contributed by atoms with Crippen molar-refractivity contribution in [1.82, 2.24) is 10.3 Å². The largest absolute Gasteiger partial charge is 0.349 e. The van der Waals surface area contributed by atoms with Crippen molar-refractivity contribution in [3.05, 3.63) is 63.3 Å². The van der Waals surface area contributed by atoms with Gasteiger partial charge in [-0.05, 0) is 59.1 Å². The van der Waals surface area contributed by atoms with E-state index in [-0.39, 0.29) is 11.9 Å². The van der Waals surface area contributed by atoms with Gasteiger partial charge in [0, 0.05) is 17.3 Å². The van der Waals surface area contributed by atoms with Crippen molar-refractivity contribution in [2.24, 2.45) is 0 Å². The normalized spacial score (nSPS) is 11.9. The molecular weight excluding hydrogens is 340 g/mol. The highest BCUT2D eigenvalue weighted by molar-refractivity contribution is 9.10. The summed E-state index contributed by atoms with van der Waals surface area (Å²) in [6.07, 6.45) is 2.31. The number of halogens is 2. The summed E-state index contributed by atoms with van der Waals surface area (Å²) >= 11 is 9.09. The molecule has 1 amide bonds. The molecule has 0 radical (unpaired) electrons. The number of carbonyl (C=O) groups excluding carboxylic acids is 1. The molecule has 1 aromatic heterocycles. The van der Waals surface area contributed by atoms with Gasteiger partial charge in [-0.3, -0.25) is 4.79 Å². The number of hydrogen-bond acceptors (Lipinski definition) is 2. The molecule has 3 nitrogen and oxygen atoms in total. The van der Waals surface area contributed by atoms with Crippen molar-refractivity contribution in [3.8, 4) is 0 Å². The molecule has 0 saturated carbocycles. The van der Waals surface area contributed by atoms with Crippen molar-refractivity contribution in [3.63, 3.8) is 0 Å². The molecule has 1 aromatic carbocycles. The van der Waals surface area contributed by atoms with Crippen molar-refractivity contribution in [2.45, 2.75) is 19.4 Å². The van der Waals surface area contributed by atoms with Gasteiger partial charge in [0.2, 0.25) is 0 Å². The summed E-state index contributed by atoms with van der Waals surface area (Å²) in [4.78, 5) is 16.1. The van der Waals surface area contributed by atoms with Crippen LogP contribution in [0.25, 0.3) is 0 Å². The highest BCUT2D eigenvalue weighted by Gasteiger charge is 2.10. The van der Waals surface area contributed by atoms with Crippen LogP contribution in [0.4, 0.5) is 0 Å². The molecule has 0 bridgehead atoms. The Morgan fingerprint density at radius 2 is 2.00 bits per heavy atom. The molecule has 0 aliphatic carbocycles. The van der Waals surface area contributed by atoms with E-state index in [2.05, 4.69) is 26.2 Å². The third-order valence-corrected chi connectivity index (χ3v) is 3.54. The molecule has 104 valence electrons. The predicted molar refractivity (Wildman–Crippen MR) is 84.0 cm³/mol. The fourth-order valence-corrected chi connectivity index (χ4v) is 2.20. The van der Waals surface area contributed by atoms with E-state index in [4.69, 9.17) is 11.6 Å². The minimum Gasteiger partial charge on any atom is -0.349 e. The van der Waals surface area contributed by atoms with Crippen LogP contribution in [0.3, 0.4) is 0 Å². The van der Waals surface area contributed by atoms with Crippen molar-refractivity contribution in [1.29, 1.82) is 0 Å². The van der Waals surface area contributed by atoms with E-state index in [1.54, 1.807) is 18.3 Å². The summed E-state index contributed by atoms with van der Waals surface area (Å²) in [5.41, 5.74) is 1.69. The summed E-state index contributed by atoms with van der Waals surface area (Å²) in [6.45, 7) is 1.97. The zero-order valence-electron chi connectivity index (χ0n) is 10.9. The summed E-state index contributed by atoms with van der Waals surface area (Å²) in [6, 6.07) is 11.2. The second-order valence-electron chi connectivity index (χ2n) is 4.57. The fourth-order valence-electron chi connectivity index (χ4n) is 1.84. The second-order valence-corrected chi connectivity index (χ2v) is 5.82. The van der Waals surface area contributed by atoms with E-state index >= 15 is 0 Å². The van der Waals surface area contributed by atoms with Gasteiger partial charge in [-0.2, -0.15) is 0 Å². The van der Waals surface area contributed by atoms with Crippen LogP contribution in [-0.4, -0.2) is 16.9 Å². The van der Waals surface area contributed by atoms with Gasteiger partial charge in [0.15, 0.2) is 0 Å². The first-order valence-electron chi connectivity index (χ1n) is 6.21. The van der Waals surface area contributed by atoms with Crippen LogP contribution in [0.2, 0.25) is 5.02 Å². The standard InChI is InChI=1S/C15H14BrClN2O/c1-10(8-11-2-5-13(17)6-3-11)19-15(20)12-4-7-14(16)18-9-12/h2-7,9-10H,8H2,1H3,(H,19,20). The quantitative estimate of drug-likeness (QED) is 0.848. The minimum absolute atomic E-state index is 0.0346. The van der Waals surface area contributed by atoms with E-state index < -0.39 is 0 Å². The van der Waals surface area contributed by atoms with Crippen LogP contribution in [0.1, 0.15) is 22.8 Å². The highest BCUT2D eigenvalue weighted by atomic mass is 79.9.